The Hall–Kier alpha value is -3.46. The van der Waals surface area contributed by atoms with Crippen LogP contribution in [0.2, 0.25) is 0 Å². The Kier molecular flexibility index (Phi) is 9.03. The molecular weight excluding hydrogens is 475 g/mol. The summed E-state index contributed by atoms with van der Waals surface area (Å²) in [5.41, 5.74) is -1.79. The van der Waals surface area contributed by atoms with E-state index in [0.29, 0.717) is 38.2 Å². The van der Waals surface area contributed by atoms with Crippen LogP contribution in [0.15, 0.2) is 23.1 Å². The van der Waals surface area contributed by atoms with E-state index in [4.69, 9.17) is 5.26 Å². The Balaban J connectivity index is 0.00000176. The number of carbonyl (C=O) groups is 1. The molecule has 1 aliphatic heterocycles. The second-order valence-corrected chi connectivity index (χ2v) is 8.32. The lowest BCUT2D eigenvalue weighted by Crippen LogP contribution is -2.37. The van der Waals surface area contributed by atoms with Crippen molar-refractivity contribution in [3.05, 3.63) is 51.1 Å². The Morgan fingerprint density at radius 3 is 2.69 bits per heavy atom. The molecule has 0 radical (unpaired) electrons. The fourth-order valence-corrected chi connectivity index (χ4v) is 4.51. The summed E-state index contributed by atoms with van der Waals surface area (Å²) in [6.45, 7) is 6.79. The van der Waals surface area contributed by atoms with Crippen LogP contribution in [0.4, 0.5) is 19.0 Å². The van der Waals surface area contributed by atoms with E-state index in [1.165, 1.54) is 6.20 Å². The molecule has 2 aliphatic rings. The number of pyridine rings is 1. The Morgan fingerprint density at radius 1 is 1.25 bits per heavy atom. The van der Waals surface area contributed by atoms with E-state index in [1.807, 2.05) is 25.0 Å². The van der Waals surface area contributed by atoms with Crippen molar-refractivity contribution in [2.24, 2.45) is 0 Å². The number of nitriles is 1. The summed E-state index contributed by atoms with van der Waals surface area (Å²) in [4.78, 5) is 32.6. The highest BCUT2D eigenvalue weighted by Gasteiger charge is 2.41. The number of alkyl halides is 3. The zero-order chi connectivity index (χ0) is 26.3. The van der Waals surface area contributed by atoms with Gasteiger partial charge in [-0.05, 0) is 37.0 Å². The molecule has 2 N–H and O–H groups in total. The molecule has 1 saturated heterocycles. The van der Waals surface area contributed by atoms with Crippen molar-refractivity contribution in [1.29, 1.82) is 5.26 Å². The molecule has 1 aliphatic carbocycles. The Labute approximate surface area is 207 Å². The van der Waals surface area contributed by atoms with Crippen molar-refractivity contribution >= 4 is 11.7 Å². The normalized spacial score (nSPS) is 17.5. The third-order valence-corrected chi connectivity index (χ3v) is 6.19. The summed E-state index contributed by atoms with van der Waals surface area (Å²) in [5, 5.41) is 17.8. The van der Waals surface area contributed by atoms with Crippen LogP contribution in [-0.2, 0) is 17.4 Å². The Bertz CT molecular complexity index is 1140. The highest BCUT2D eigenvalue weighted by atomic mass is 19.4. The molecule has 2 aromatic heterocycles. The first kappa shape index (κ1) is 27.1. The molecule has 0 spiro atoms. The predicted molar refractivity (Wildman–Crippen MR) is 127 cm³/mol. The van der Waals surface area contributed by atoms with E-state index in [2.05, 4.69) is 20.3 Å². The number of amides is 1. The van der Waals surface area contributed by atoms with Crippen LogP contribution in [0, 0.1) is 11.3 Å². The standard InChI is InChI=1S/C22H24F3N7O2.C2H6/c23-22(24,25)19-15-3-4-16(20(15)29-30-21(19)34)27-7-6-18(33)32-9-1-8-31(10-11-32)17-5-2-14(12-26)13-28-17;1-2/h2,5,13,16,27H,1,3-4,6-11H2,(H,30,34);1-2H3. The van der Waals surface area contributed by atoms with Gasteiger partial charge in [0.2, 0.25) is 5.91 Å². The molecule has 0 aromatic carbocycles. The zero-order valence-electron chi connectivity index (χ0n) is 20.4. The van der Waals surface area contributed by atoms with Gasteiger partial charge >= 0.3 is 6.18 Å². The first-order valence-electron chi connectivity index (χ1n) is 12.1. The first-order chi connectivity index (χ1) is 17.3. The minimum absolute atomic E-state index is 0.0363. The summed E-state index contributed by atoms with van der Waals surface area (Å²) in [7, 11) is 0. The van der Waals surface area contributed by atoms with Crippen LogP contribution >= 0.6 is 0 Å². The number of aromatic nitrogens is 3. The van der Waals surface area contributed by atoms with Gasteiger partial charge in [0.25, 0.3) is 5.56 Å². The number of H-pyrrole nitrogens is 1. The van der Waals surface area contributed by atoms with Gasteiger partial charge in [-0.15, -0.1) is 0 Å². The van der Waals surface area contributed by atoms with Crippen molar-refractivity contribution in [2.45, 2.75) is 51.7 Å². The second kappa shape index (κ2) is 12.0. The highest BCUT2D eigenvalue weighted by Crippen LogP contribution is 2.37. The topological polar surface area (TPSA) is 118 Å². The molecule has 194 valence electrons. The van der Waals surface area contributed by atoms with Crippen molar-refractivity contribution in [3.63, 3.8) is 0 Å². The van der Waals surface area contributed by atoms with Gasteiger partial charge in [-0.3, -0.25) is 9.59 Å². The van der Waals surface area contributed by atoms with Crippen molar-refractivity contribution in [3.8, 4) is 6.07 Å². The summed E-state index contributed by atoms with van der Waals surface area (Å²) >= 11 is 0. The van der Waals surface area contributed by atoms with E-state index >= 15 is 0 Å². The fraction of sp³-hybridized carbons (Fsp3) is 0.542. The van der Waals surface area contributed by atoms with E-state index in [-0.39, 0.29) is 30.0 Å². The molecule has 2 aromatic rings. The predicted octanol–water partition coefficient (Wildman–Crippen LogP) is 2.79. The van der Waals surface area contributed by atoms with Crippen LogP contribution in [0.5, 0.6) is 0 Å². The molecule has 36 heavy (non-hydrogen) atoms. The quantitative estimate of drug-likeness (QED) is 0.642. The summed E-state index contributed by atoms with van der Waals surface area (Å²) in [5.74, 6) is 0.726. The molecule has 9 nitrogen and oxygen atoms in total. The van der Waals surface area contributed by atoms with Gasteiger partial charge in [-0.25, -0.2) is 10.1 Å². The number of halogens is 3. The first-order valence-corrected chi connectivity index (χ1v) is 12.1. The van der Waals surface area contributed by atoms with Gasteiger partial charge in [-0.2, -0.15) is 23.5 Å². The molecule has 3 heterocycles. The van der Waals surface area contributed by atoms with Crippen LogP contribution in [0.1, 0.15) is 61.5 Å². The number of fused-ring (bicyclic) bond motifs is 1. The van der Waals surface area contributed by atoms with E-state index < -0.39 is 23.3 Å². The number of nitrogens with one attached hydrogen (secondary N) is 2. The Morgan fingerprint density at radius 2 is 2.03 bits per heavy atom. The molecule has 1 unspecified atom stereocenters. The monoisotopic (exact) mass is 505 g/mol. The average Bonchev–Trinajstić information content (AvgIpc) is 3.10. The summed E-state index contributed by atoms with van der Waals surface area (Å²) < 4.78 is 39.8. The third kappa shape index (κ3) is 6.20. The van der Waals surface area contributed by atoms with Gasteiger partial charge in [0.1, 0.15) is 17.5 Å². The highest BCUT2D eigenvalue weighted by molar-refractivity contribution is 5.76. The third-order valence-electron chi connectivity index (χ3n) is 6.19. The van der Waals surface area contributed by atoms with Gasteiger partial charge in [0, 0.05) is 45.3 Å². The molecule has 0 bridgehead atoms. The smallest absolute Gasteiger partial charge is 0.355 e. The van der Waals surface area contributed by atoms with E-state index in [1.54, 1.807) is 17.0 Å². The molecular formula is C24H30F3N7O2. The SMILES string of the molecule is CC.N#Cc1ccc(N2CCCN(C(=O)CCNC3CCc4c3n[nH]c(=O)c4C(F)(F)F)CC2)nc1. The van der Waals surface area contributed by atoms with E-state index in [9.17, 15) is 22.8 Å². The van der Waals surface area contributed by atoms with Crippen LogP contribution in [-0.4, -0.2) is 58.7 Å². The minimum atomic E-state index is -4.74. The maximum atomic E-state index is 13.3. The van der Waals surface area contributed by atoms with Gasteiger partial charge in [0.05, 0.1) is 17.3 Å². The zero-order valence-corrected chi connectivity index (χ0v) is 20.4. The van der Waals surface area contributed by atoms with Crippen LogP contribution in [0.25, 0.3) is 0 Å². The second-order valence-electron chi connectivity index (χ2n) is 8.32. The average molecular weight is 506 g/mol. The number of rotatable bonds is 5. The van der Waals surface area contributed by atoms with Crippen LogP contribution < -0.4 is 15.8 Å². The number of nitrogens with zero attached hydrogens (tertiary/aromatic N) is 5. The van der Waals surface area contributed by atoms with Gasteiger partial charge in [0.15, 0.2) is 0 Å². The van der Waals surface area contributed by atoms with Gasteiger partial charge < -0.3 is 15.1 Å². The van der Waals surface area contributed by atoms with Crippen molar-refractivity contribution in [2.75, 3.05) is 37.6 Å². The molecule has 0 saturated carbocycles. The number of aromatic amines is 1. The molecule has 4 rings (SSSR count). The summed E-state index contributed by atoms with van der Waals surface area (Å²) in [6.07, 6.45) is -1.74. The lowest BCUT2D eigenvalue weighted by Gasteiger charge is -2.23. The lowest BCUT2D eigenvalue weighted by atomic mass is 10.1. The van der Waals surface area contributed by atoms with Crippen LogP contribution in [0.3, 0.4) is 0 Å². The maximum absolute atomic E-state index is 13.3. The number of carbonyl (C=O) groups excluding carboxylic acids is 1. The van der Waals surface area contributed by atoms with Crippen molar-refractivity contribution < 1.29 is 18.0 Å². The number of anilines is 1. The van der Waals surface area contributed by atoms with E-state index in [0.717, 1.165) is 18.8 Å². The number of hydrogen-bond donors (Lipinski definition) is 2. The minimum Gasteiger partial charge on any atom is -0.355 e. The molecule has 1 atom stereocenters. The maximum Gasteiger partial charge on any atom is 0.422 e. The molecule has 1 amide bonds. The molecule has 12 heteroatoms. The lowest BCUT2D eigenvalue weighted by molar-refractivity contribution is -0.139. The summed E-state index contributed by atoms with van der Waals surface area (Å²) in [6, 6.07) is 5.11. The molecule has 1 fully saturated rings. The largest absolute Gasteiger partial charge is 0.422 e. The number of hydrogen-bond acceptors (Lipinski definition) is 7. The van der Waals surface area contributed by atoms with Gasteiger partial charge in [-0.1, -0.05) is 13.8 Å². The fourth-order valence-electron chi connectivity index (χ4n) is 4.51. The van der Waals surface area contributed by atoms with Crippen molar-refractivity contribution in [1.82, 2.24) is 25.4 Å².